The van der Waals surface area contributed by atoms with Crippen LogP contribution in [-0.4, -0.2) is 41.6 Å². The van der Waals surface area contributed by atoms with E-state index >= 15 is 0 Å². The SMILES string of the molecule is Cc1ccc(SC2OC3COC(c4ccccc4)OC3C(OCc3ccccc3)C2O)cc1. The van der Waals surface area contributed by atoms with E-state index in [0.29, 0.717) is 13.2 Å². The fraction of sp³-hybridized carbons (Fsp3) is 0.333. The van der Waals surface area contributed by atoms with Gasteiger partial charge in [0.2, 0.25) is 0 Å². The summed E-state index contributed by atoms with van der Waals surface area (Å²) in [5.74, 6) is 0. The van der Waals surface area contributed by atoms with Crippen molar-refractivity contribution in [2.45, 2.75) is 54.6 Å². The third-order valence-corrected chi connectivity index (χ3v) is 7.10. The average Bonchev–Trinajstić information content (AvgIpc) is 2.86. The van der Waals surface area contributed by atoms with E-state index in [1.807, 2.05) is 72.8 Å². The predicted octanol–water partition coefficient (Wildman–Crippen LogP) is 4.87. The van der Waals surface area contributed by atoms with Gasteiger partial charge in [-0.05, 0) is 24.6 Å². The van der Waals surface area contributed by atoms with Crippen molar-refractivity contribution < 1.29 is 24.1 Å². The fourth-order valence-electron chi connectivity index (χ4n) is 4.15. The fourth-order valence-corrected chi connectivity index (χ4v) is 5.20. The summed E-state index contributed by atoms with van der Waals surface area (Å²) in [6, 6.07) is 28.0. The van der Waals surface area contributed by atoms with Crippen LogP contribution in [0, 0.1) is 6.92 Å². The molecule has 6 heteroatoms. The molecular weight excluding hydrogens is 436 g/mol. The van der Waals surface area contributed by atoms with Crippen molar-refractivity contribution in [3.05, 3.63) is 102 Å². The largest absolute Gasteiger partial charge is 0.387 e. The minimum atomic E-state index is -0.865. The van der Waals surface area contributed by atoms with Crippen LogP contribution in [-0.2, 0) is 25.6 Å². The highest BCUT2D eigenvalue weighted by Crippen LogP contribution is 2.40. The van der Waals surface area contributed by atoms with Crippen molar-refractivity contribution in [1.29, 1.82) is 0 Å². The molecule has 3 aromatic rings. The Morgan fingerprint density at radius 1 is 0.909 bits per heavy atom. The third-order valence-electron chi connectivity index (χ3n) is 5.94. The van der Waals surface area contributed by atoms with Gasteiger partial charge in [0.1, 0.15) is 29.9 Å². The number of rotatable bonds is 6. The first kappa shape index (κ1) is 22.6. The summed E-state index contributed by atoms with van der Waals surface area (Å²) in [7, 11) is 0. The average molecular weight is 465 g/mol. The van der Waals surface area contributed by atoms with Gasteiger partial charge in [-0.15, -0.1) is 0 Å². The Morgan fingerprint density at radius 3 is 2.33 bits per heavy atom. The summed E-state index contributed by atoms with van der Waals surface area (Å²) in [6.45, 7) is 2.80. The number of fused-ring (bicyclic) bond motifs is 1. The van der Waals surface area contributed by atoms with Crippen LogP contribution in [0.4, 0.5) is 0 Å². The highest BCUT2D eigenvalue weighted by Gasteiger charge is 2.50. The Morgan fingerprint density at radius 2 is 1.61 bits per heavy atom. The lowest BCUT2D eigenvalue weighted by Gasteiger charge is -2.47. The molecule has 0 saturated carbocycles. The van der Waals surface area contributed by atoms with Crippen molar-refractivity contribution in [1.82, 2.24) is 0 Å². The van der Waals surface area contributed by atoms with Crippen molar-refractivity contribution >= 4 is 11.8 Å². The maximum Gasteiger partial charge on any atom is 0.184 e. The molecule has 2 fully saturated rings. The lowest BCUT2D eigenvalue weighted by molar-refractivity contribution is -0.325. The molecule has 2 saturated heterocycles. The minimum Gasteiger partial charge on any atom is -0.387 e. The van der Waals surface area contributed by atoms with Crippen LogP contribution in [0.3, 0.4) is 0 Å². The number of benzene rings is 3. The molecule has 172 valence electrons. The van der Waals surface area contributed by atoms with Gasteiger partial charge >= 0.3 is 0 Å². The predicted molar refractivity (Wildman–Crippen MR) is 127 cm³/mol. The number of ether oxygens (including phenoxy) is 4. The second-order valence-corrected chi connectivity index (χ2v) is 9.57. The first-order chi connectivity index (χ1) is 16.2. The van der Waals surface area contributed by atoms with Crippen LogP contribution in [0.25, 0.3) is 0 Å². The number of aryl methyl sites for hydroxylation is 1. The molecule has 3 aromatic carbocycles. The Hall–Kier alpha value is -2.19. The van der Waals surface area contributed by atoms with E-state index in [4.69, 9.17) is 18.9 Å². The molecular formula is C27H28O5S. The standard InChI is InChI=1S/C27H28O5S/c1-18-12-14-21(15-13-18)33-27-23(28)25(29-16-19-8-4-2-5-9-19)24-22(31-27)17-30-26(32-24)20-10-6-3-7-11-20/h2-15,22-28H,16-17H2,1H3. The van der Waals surface area contributed by atoms with Crippen LogP contribution in [0.2, 0.25) is 0 Å². The van der Waals surface area contributed by atoms with Crippen LogP contribution in [0.1, 0.15) is 23.0 Å². The molecule has 5 rings (SSSR count). The lowest BCUT2D eigenvalue weighted by atomic mass is 9.98. The van der Waals surface area contributed by atoms with Gasteiger partial charge in [0.05, 0.1) is 13.2 Å². The van der Waals surface area contributed by atoms with Crippen molar-refractivity contribution in [2.24, 2.45) is 0 Å². The van der Waals surface area contributed by atoms with Crippen LogP contribution < -0.4 is 0 Å². The lowest BCUT2D eigenvalue weighted by Crippen LogP contribution is -2.61. The summed E-state index contributed by atoms with van der Waals surface area (Å²) < 4.78 is 24.9. The molecule has 2 aliphatic heterocycles. The van der Waals surface area contributed by atoms with Crippen molar-refractivity contribution in [3.63, 3.8) is 0 Å². The highest BCUT2D eigenvalue weighted by atomic mass is 32.2. The Balaban J connectivity index is 1.36. The minimum absolute atomic E-state index is 0.336. The van der Waals surface area contributed by atoms with Crippen LogP contribution >= 0.6 is 11.8 Å². The topological polar surface area (TPSA) is 57.2 Å². The van der Waals surface area contributed by atoms with E-state index < -0.39 is 30.0 Å². The van der Waals surface area contributed by atoms with Crippen molar-refractivity contribution in [2.75, 3.05) is 6.61 Å². The zero-order chi connectivity index (χ0) is 22.6. The Bertz CT molecular complexity index is 1010. The first-order valence-electron chi connectivity index (χ1n) is 11.2. The number of aliphatic hydroxyl groups is 1. The van der Waals surface area contributed by atoms with E-state index in [0.717, 1.165) is 16.0 Å². The van der Waals surface area contributed by atoms with Gasteiger partial charge in [-0.3, -0.25) is 0 Å². The molecule has 0 amide bonds. The van der Waals surface area contributed by atoms with Crippen LogP contribution in [0.5, 0.6) is 0 Å². The van der Waals surface area contributed by atoms with Gasteiger partial charge < -0.3 is 24.1 Å². The monoisotopic (exact) mass is 464 g/mol. The van der Waals surface area contributed by atoms with Crippen LogP contribution in [0.15, 0.2) is 89.8 Å². The summed E-state index contributed by atoms with van der Waals surface area (Å²) >= 11 is 1.50. The molecule has 5 nitrogen and oxygen atoms in total. The maximum absolute atomic E-state index is 11.3. The number of aliphatic hydroxyl groups excluding tert-OH is 1. The molecule has 2 heterocycles. The number of hydrogen-bond donors (Lipinski definition) is 1. The molecule has 6 unspecified atom stereocenters. The smallest absolute Gasteiger partial charge is 0.184 e. The summed E-state index contributed by atoms with van der Waals surface area (Å²) in [5, 5.41) is 11.3. The Kier molecular flexibility index (Phi) is 7.11. The van der Waals surface area contributed by atoms with Gasteiger partial charge in [-0.2, -0.15) is 0 Å². The highest BCUT2D eigenvalue weighted by molar-refractivity contribution is 7.99. The van der Waals surface area contributed by atoms with Crippen molar-refractivity contribution in [3.8, 4) is 0 Å². The molecule has 0 aromatic heterocycles. The second-order valence-electron chi connectivity index (χ2n) is 8.40. The molecule has 1 N–H and O–H groups in total. The molecule has 6 atom stereocenters. The van der Waals surface area contributed by atoms with Gasteiger partial charge in [-0.25, -0.2) is 0 Å². The summed E-state index contributed by atoms with van der Waals surface area (Å²) in [5.41, 5.74) is 2.68. The number of hydrogen-bond acceptors (Lipinski definition) is 6. The van der Waals surface area contributed by atoms with Gasteiger partial charge in [0, 0.05) is 10.5 Å². The molecule has 0 bridgehead atoms. The third kappa shape index (κ3) is 5.32. The van der Waals surface area contributed by atoms with E-state index in [9.17, 15) is 5.11 Å². The molecule has 2 aliphatic rings. The normalized spacial score (nSPS) is 29.4. The zero-order valence-corrected chi connectivity index (χ0v) is 19.3. The number of thioether (sulfide) groups is 1. The quantitative estimate of drug-likeness (QED) is 0.562. The molecule has 0 spiro atoms. The maximum atomic E-state index is 11.3. The summed E-state index contributed by atoms with van der Waals surface area (Å²) in [6.07, 6.45) is -2.72. The summed E-state index contributed by atoms with van der Waals surface area (Å²) in [4.78, 5) is 1.03. The molecule has 33 heavy (non-hydrogen) atoms. The van der Waals surface area contributed by atoms with E-state index in [1.54, 1.807) is 0 Å². The first-order valence-corrected chi connectivity index (χ1v) is 12.1. The zero-order valence-electron chi connectivity index (χ0n) is 18.4. The van der Waals surface area contributed by atoms with E-state index in [2.05, 4.69) is 19.1 Å². The van der Waals surface area contributed by atoms with E-state index in [1.165, 1.54) is 17.3 Å². The van der Waals surface area contributed by atoms with Gasteiger partial charge in [0.25, 0.3) is 0 Å². The van der Waals surface area contributed by atoms with Gasteiger partial charge in [-0.1, -0.05) is 90.1 Å². The second kappa shape index (κ2) is 10.4. The Labute approximate surface area is 198 Å². The molecule has 0 aliphatic carbocycles. The van der Waals surface area contributed by atoms with E-state index in [-0.39, 0.29) is 6.10 Å². The van der Waals surface area contributed by atoms with Gasteiger partial charge in [0.15, 0.2) is 6.29 Å². The molecule has 0 radical (unpaired) electrons.